The molecule has 4 unspecified atom stereocenters. The summed E-state index contributed by atoms with van der Waals surface area (Å²) < 4.78 is 5.96. The van der Waals surface area contributed by atoms with Crippen LogP contribution in [0.4, 0.5) is 0 Å². The van der Waals surface area contributed by atoms with Crippen molar-refractivity contribution in [1.82, 2.24) is 10.2 Å². The number of carbonyl (C=O) groups excluding carboxylic acids is 1. The van der Waals surface area contributed by atoms with Crippen molar-refractivity contribution < 1.29 is 9.53 Å². The van der Waals surface area contributed by atoms with Crippen LogP contribution in [-0.2, 0) is 9.53 Å². The maximum absolute atomic E-state index is 12.9. The third-order valence-electron chi connectivity index (χ3n) is 5.34. The SMILES string of the molecule is CCCC1NC(C)(CC)C(=O)N1C1CCOC1C1CC1. The Morgan fingerprint density at radius 1 is 1.35 bits per heavy atom. The van der Waals surface area contributed by atoms with Crippen molar-refractivity contribution in [2.75, 3.05) is 6.61 Å². The van der Waals surface area contributed by atoms with E-state index < -0.39 is 0 Å². The highest BCUT2D eigenvalue weighted by Crippen LogP contribution is 2.42. The lowest BCUT2D eigenvalue weighted by Crippen LogP contribution is -2.49. The van der Waals surface area contributed by atoms with E-state index in [9.17, 15) is 4.79 Å². The number of nitrogens with zero attached hydrogens (tertiary/aromatic N) is 1. The second kappa shape index (κ2) is 5.30. The summed E-state index contributed by atoms with van der Waals surface area (Å²) in [5.41, 5.74) is -0.378. The van der Waals surface area contributed by atoms with Gasteiger partial charge in [0.1, 0.15) is 0 Å². The molecule has 2 heterocycles. The zero-order chi connectivity index (χ0) is 14.3. The van der Waals surface area contributed by atoms with Gasteiger partial charge < -0.3 is 9.64 Å². The van der Waals surface area contributed by atoms with Crippen molar-refractivity contribution in [2.45, 2.75) is 83.1 Å². The minimum atomic E-state index is -0.378. The summed E-state index contributed by atoms with van der Waals surface area (Å²) in [7, 11) is 0. The van der Waals surface area contributed by atoms with Crippen molar-refractivity contribution >= 4 is 5.91 Å². The van der Waals surface area contributed by atoms with Crippen molar-refractivity contribution in [1.29, 1.82) is 0 Å². The Morgan fingerprint density at radius 2 is 2.10 bits per heavy atom. The number of carbonyl (C=O) groups is 1. The molecule has 2 saturated heterocycles. The average molecular weight is 280 g/mol. The van der Waals surface area contributed by atoms with E-state index in [4.69, 9.17) is 4.74 Å². The molecule has 1 saturated carbocycles. The van der Waals surface area contributed by atoms with Crippen LogP contribution in [0.1, 0.15) is 59.3 Å². The molecule has 3 fully saturated rings. The highest BCUT2D eigenvalue weighted by atomic mass is 16.5. The molecule has 0 spiro atoms. The van der Waals surface area contributed by atoms with Gasteiger partial charge in [0.05, 0.1) is 23.9 Å². The fraction of sp³-hybridized carbons (Fsp3) is 0.938. The first-order valence-corrected chi connectivity index (χ1v) is 8.32. The first-order chi connectivity index (χ1) is 9.60. The van der Waals surface area contributed by atoms with E-state index >= 15 is 0 Å². The van der Waals surface area contributed by atoms with Gasteiger partial charge in [-0.1, -0.05) is 20.3 Å². The molecule has 2 aliphatic heterocycles. The van der Waals surface area contributed by atoms with Gasteiger partial charge in [-0.15, -0.1) is 0 Å². The molecular weight excluding hydrogens is 252 g/mol. The summed E-state index contributed by atoms with van der Waals surface area (Å²) in [5, 5.41) is 3.60. The Bertz CT molecular complexity index is 383. The average Bonchev–Trinajstić information content (AvgIpc) is 3.12. The van der Waals surface area contributed by atoms with Crippen LogP contribution in [-0.4, -0.2) is 41.3 Å². The van der Waals surface area contributed by atoms with Crippen LogP contribution in [0.25, 0.3) is 0 Å². The zero-order valence-corrected chi connectivity index (χ0v) is 13.0. The van der Waals surface area contributed by atoms with Crippen LogP contribution in [0, 0.1) is 5.92 Å². The van der Waals surface area contributed by atoms with E-state index in [0.717, 1.165) is 32.3 Å². The van der Waals surface area contributed by atoms with Crippen molar-refractivity contribution in [3.63, 3.8) is 0 Å². The number of hydrogen-bond donors (Lipinski definition) is 1. The van der Waals surface area contributed by atoms with Crippen LogP contribution < -0.4 is 5.32 Å². The van der Waals surface area contributed by atoms with E-state index in [1.54, 1.807) is 0 Å². The molecule has 1 aliphatic carbocycles. The highest BCUT2D eigenvalue weighted by molar-refractivity contribution is 5.88. The molecule has 0 radical (unpaired) electrons. The lowest BCUT2D eigenvalue weighted by molar-refractivity contribution is -0.136. The van der Waals surface area contributed by atoms with Gasteiger partial charge in [-0.25, -0.2) is 0 Å². The minimum Gasteiger partial charge on any atom is -0.376 e. The van der Waals surface area contributed by atoms with Crippen molar-refractivity contribution in [3.8, 4) is 0 Å². The molecule has 0 bridgehead atoms. The molecule has 20 heavy (non-hydrogen) atoms. The summed E-state index contributed by atoms with van der Waals surface area (Å²) in [6.45, 7) is 7.16. The second-order valence-electron chi connectivity index (χ2n) is 6.88. The predicted molar refractivity (Wildman–Crippen MR) is 78.2 cm³/mol. The van der Waals surface area contributed by atoms with Gasteiger partial charge >= 0.3 is 0 Å². The Hall–Kier alpha value is -0.610. The van der Waals surface area contributed by atoms with E-state index in [1.165, 1.54) is 12.8 Å². The van der Waals surface area contributed by atoms with Crippen LogP contribution in [0.2, 0.25) is 0 Å². The van der Waals surface area contributed by atoms with Crippen LogP contribution in [0.5, 0.6) is 0 Å². The van der Waals surface area contributed by atoms with Gasteiger partial charge in [-0.05, 0) is 44.9 Å². The van der Waals surface area contributed by atoms with Crippen LogP contribution in [0.3, 0.4) is 0 Å². The minimum absolute atomic E-state index is 0.199. The lowest BCUT2D eigenvalue weighted by atomic mass is 9.97. The summed E-state index contributed by atoms with van der Waals surface area (Å²) in [6.07, 6.45) is 7.04. The van der Waals surface area contributed by atoms with E-state index in [1.807, 2.05) is 0 Å². The largest absolute Gasteiger partial charge is 0.376 e. The third kappa shape index (κ3) is 2.27. The molecule has 4 nitrogen and oxygen atoms in total. The predicted octanol–water partition coefficient (Wildman–Crippen LogP) is 2.28. The lowest BCUT2D eigenvalue weighted by Gasteiger charge is -2.33. The number of hydrogen-bond acceptors (Lipinski definition) is 3. The molecule has 1 amide bonds. The van der Waals surface area contributed by atoms with Gasteiger partial charge in [0.25, 0.3) is 0 Å². The molecule has 0 aromatic rings. The summed E-state index contributed by atoms with van der Waals surface area (Å²) in [4.78, 5) is 15.1. The molecule has 3 aliphatic rings. The number of ether oxygens (including phenoxy) is 1. The first kappa shape index (κ1) is 14.3. The molecule has 4 heteroatoms. The maximum Gasteiger partial charge on any atom is 0.244 e. The summed E-state index contributed by atoms with van der Waals surface area (Å²) >= 11 is 0. The van der Waals surface area contributed by atoms with Gasteiger partial charge in [0.15, 0.2) is 0 Å². The fourth-order valence-corrected chi connectivity index (χ4v) is 3.82. The van der Waals surface area contributed by atoms with Crippen molar-refractivity contribution in [3.05, 3.63) is 0 Å². The third-order valence-corrected chi connectivity index (χ3v) is 5.34. The fourth-order valence-electron chi connectivity index (χ4n) is 3.82. The van der Waals surface area contributed by atoms with Gasteiger partial charge in [0, 0.05) is 6.61 Å². The first-order valence-electron chi connectivity index (χ1n) is 8.32. The second-order valence-corrected chi connectivity index (χ2v) is 6.88. The highest BCUT2D eigenvalue weighted by Gasteiger charge is 2.53. The van der Waals surface area contributed by atoms with Crippen LogP contribution >= 0.6 is 0 Å². The topological polar surface area (TPSA) is 41.6 Å². The molecule has 0 aromatic heterocycles. The van der Waals surface area contributed by atoms with Gasteiger partial charge in [0.2, 0.25) is 5.91 Å². The summed E-state index contributed by atoms with van der Waals surface area (Å²) in [5.74, 6) is 0.991. The molecule has 1 N–H and O–H groups in total. The van der Waals surface area contributed by atoms with Gasteiger partial charge in [-0.3, -0.25) is 10.1 Å². The monoisotopic (exact) mass is 280 g/mol. The number of rotatable bonds is 5. The zero-order valence-electron chi connectivity index (χ0n) is 13.0. The Morgan fingerprint density at radius 3 is 2.70 bits per heavy atom. The number of nitrogens with one attached hydrogen (secondary N) is 1. The summed E-state index contributed by atoms with van der Waals surface area (Å²) in [6, 6.07) is 0.299. The normalized spacial score (nSPS) is 41.6. The molecule has 0 aromatic carbocycles. The van der Waals surface area contributed by atoms with Crippen LogP contribution in [0.15, 0.2) is 0 Å². The van der Waals surface area contributed by atoms with E-state index in [2.05, 4.69) is 31.0 Å². The smallest absolute Gasteiger partial charge is 0.244 e. The Balaban J connectivity index is 1.82. The standard InChI is InChI=1S/C16H28N2O2/c1-4-6-13-17-16(3,5-2)15(19)18(13)12-9-10-20-14(12)11-7-8-11/h11-14,17H,4-10H2,1-3H3. The quantitative estimate of drug-likeness (QED) is 0.840. The number of amides is 1. The van der Waals surface area contributed by atoms with E-state index in [0.29, 0.717) is 24.0 Å². The molecule has 114 valence electrons. The Kier molecular flexibility index (Phi) is 3.80. The molecule has 3 rings (SSSR count). The van der Waals surface area contributed by atoms with E-state index in [-0.39, 0.29) is 11.7 Å². The maximum atomic E-state index is 12.9. The van der Waals surface area contributed by atoms with Crippen molar-refractivity contribution in [2.24, 2.45) is 5.92 Å². The Labute approximate surface area is 122 Å². The van der Waals surface area contributed by atoms with Gasteiger partial charge in [-0.2, -0.15) is 0 Å². The molecule has 4 atom stereocenters. The molecular formula is C16H28N2O2.